The molecule has 0 bridgehead atoms. The van der Waals surface area contributed by atoms with E-state index in [1.807, 2.05) is 6.07 Å². The molecule has 1 fully saturated rings. The van der Waals surface area contributed by atoms with E-state index in [2.05, 4.69) is 11.8 Å². The summed E-state index contributed by atoms with van der Waals surface area (Å²) < 4.78 is 13.2. The normalized spacial score (nSPS) is 26.9. The molecule has 0 aromatic heterocycles. The van der Waals surface area contributed by atoms with Crippen LogP contribution >= 0.6 is 0 Å². The monoisotopic (exact) mass is 222 g/mol. The maximum atomic E-state index is 13.2. The molecule has 2 atom stereocenters. The van der Waals surface area contributed by atoms with E-state index in [1.54, 1.807) is 12.1 Å². The largest absolute Gasteiger partial charge is 0.327 e. The number of hydrogen-bond acceptors (Lipinski definition) is 2. The lowest BCUT2D eigenvalue weighted by Crippen LogP contribution is -2.45. The third kappa shape index (κ3) is 2.60. The molecular weight excluding hydrogens is 203 g/mol. The highest BCUT2D eigenvalue weighted by Gasteiger charge is 2.25. The van der Waals surface area contributed by atoms with Gasteiger partial charge in [-0.25, -0.2) is 4.39 Å². The first-order chi connectivity index (χ1) is 7.69. The molecule has 3 heteroatoms. The molecule has 1 saturated heterocycles. The quantitative estimate of drug-likeness (QED) is 0.829. The zero-order valence-corrected chi connectivity index (χ0v) is 9.70. The summed E-state index contributed by atoms with van der Waals surface area (Å²) >= 11 is 0. The Morgan fingerprint density at radius 1 is 1.44 bits per heavy atom. The summed E-state index contributed by atoms with van der Waals surface area (Å²) in [5.41, 5.74) is 7.11. The van der Waals surface area contributed by atoms with Gasteiger partial charge in [-0.15, -0.1) is 0 Å². The van der Waals surface area contributed by atoms with Crippen LogP contribution in [0.2, 0.25) is 0 Å². The van der Waals surface area contributed by atoms with Crippen molar-refractivity contribution in [2.45, 2.75) is 25.3 Å². The van der Waals surface area contributed by atoms with Crippen LogP contribution in [0.5, 0.6) is 0 Å². The van der Waals surface area contributed by atoms with Crippen molar-refractivity contribution < 1.29 is 4.39 Å². The van der Waals surface area contributed by atoms with Crippen molar-refractivity contribution in [2.75, 3.05) is 19.6 Å². The highest BCUT2D eigenvalue weighted by molar-refractivity contribution is 5.22. The Morgan fingerprint density at radius 3 is 2.94 bits per heavy atom. The highest BCUT2D eigenvalue weighted by Crippen LogP contribution is 2.26. The van der Waals surface area contributed by atoms with Gasteiger partial charge in [0.05, 0.1) is 0 Å². The number of likely N-dealkylation sites (tertiary alicyclic amines) is 1. The number of likely N-dealkylation sites (N-methyl/N-ethyl adjacent to an activating group) is 1. The van der Waals surface area contributed by atoms with Crippen molar-refractivity contribution >= 4 is 0 Å². The average molecular weight is 222 g/mol. The molecule has 2 nitrogen and oxygen atoms in total. The van der Waals surface area contributed by atoms with Crippen molar-refractivity contribution in [3.05, 3.63) is 35.6 Å². The fourth-order valence-corrected chi connectivity index (χ4v) is 2.49. The minimum Gasteiger partial charge on any atom is -0.327 e. The van der Waals surface area contributed by atoms with Crippen molar-refractivity contribution in [1.29, 1.82) is 0 Å². The number of rotatable bonds is 2. The first kappa shape index (κ1) is 11.6. The van der Waals surface area contributed by atoms with E-state index in [1.165, 1.54) is 6.07 Å². The van der Waals surface area contributed by atoms with Gasteiger partial charge in [0.1, 0.15) is 5.82 Å². The Balaban J connectivity index is 2.14. The molecule has 2 N–H and O–H groups in total. The van der Waals surface area contributed by atoms with Gasteiger partial charge in [0.25, 0.3) is 0 Å². The third-order valence-corrected chi connectivity index (χ3v) is 3.33. The Kier molecular flexibility index (Phi) is 3.56. The van der Waals surface area contributed by atoms with Gasteiger partial charge in [0.2, 0.25) is 0 Å². The lowest BCUT2D eigenvalue weighted by molar-refractivity contribution is 0.197. The Morgan fingerprint density at radius 2 is 2.25 bits per heavy atom. The molecule has 2 rings (SSSR count). The number of halogens is 1. The second-order valence-electron chi connectivity index (χ2n) is 4.60. The van der Waals surface area contributed by atoms with Gasteiger partial charge in [-0.2, -0.15) is 0 Å². The van der Waals surface area contributed by atoms with Crippen molar-refractivity contribution in [3.63, 3.8) is 0 Å². The SMILES string of the molecule is CCN1CC(N)CC(c2cccc(F)c2)C1. The number of nitrogens with two attached hydrogens (primary N) is 1. The van der Waals surface area contributed by atoms with E-state index >= 15 is 0 Å². The molecule has 1 aliphatic heterocycles. The molecule has 16 heavy (non-hydrogen) atoms. The molecule has 88 valence electrons. The molecule has 0 aliphatic carbocycles. The van der Waals surface area contributed by atoms with Gasteiger partial charge >= 0.3 is 0 Å². The van der Waals surface area contributed by atoms with Crippen LogP contribution in [0, 0.1) is 5.82 Å². The topological polar surface area (TPSA) is 29.3 Å². The van der Waals surface area contributed by atoms with E-state index in [0.717, 1.165) is 31.6 Å². The van der Waals surface area contributed by atoms with E-state index in [0.29, 0.717) is 5.92 Å². The molecule has 0 amide bonds. The number of nitrogens with zero attached hydrogens (tertiary/aromatic N) is 1. The lowest BCUT2D eigenvalue weighted by atomic mass is 9.88. The smallest absolute Gasteiger partial charge is 0.123 e. The first-order valence-electron chi connectivity index (χ1n) is 5.92. The minimum absolute atomic E-state index is 0.153. The molecule has 1 heterocycles. The van der Waals surface area contributed by atoms with Gasteiger partial charge in [0, 0.05) is 19.1 Å². The second-order valence-corrected chi connectivity index (χ2v) is 4.60. The maximum absolute atomic E-state index is 13.2. The van der Waals surface area contributed by atoms with E-state index in [9.17, 15) is 4.39 Å². The van der Waals surface area contributed by atoms with E-state index < -0.39 is 0 Å². The zero-order valence-electron chi connectivity index (χ0n) is 9.70. The van der Waals surface area contributed by atoms with Crippen LogP contribution in [-0.2, 0) is 0 Å². The van der Waals surface area contributed by atoms with Gasteiger partial charge in [-0.3, -0.25) is 0 Å². The molecule has 2 unspecified atom stereocenters. The molecule has 1 aromatic carbocycles. The van der Waals surface area contributed by atoms with Gasteiger partial charge in [-0.1, -0.05) is 19.1 Å². The third-order valence-electron chi connectivity index (χ3n) is 3.33. The fourth-order valence-electron chi connectivity index (χ4n) is 2.49. The Labute approximate surface area is 96.2 Å². The summed E-state index contributed by atoms with van der Waals surface area (Å²) in [5.74, 6) is 0.221. The Hall–Kier alpha value is -0.930. The van der Waals surface area contributed by atoms with Gasteiger partial charge in [0.15, 0.2) is 0 Å². The van der Waals surface area contributed by atoms with Crippen LogP contribution in [0.25, 0.3) is 0 Å². The highest BCUT2D eigenvalue weighted by atomic mass is 19.1. The minimum atomic E-state index is -0.153. The molecule has 0 radical (unpaired) electrons. The van der Waals surface area contributed by atoms with Crippen molar-refractivity contribution in [1.82, 2.24) is 4.90 Å². The molecule has 1 aliphatic rings. The number of benzene rings is 1. The summed E-state index contributed by atoms with van der Waals surface area (Å²) in [6.07, 6.45) is 0.958. The van der Waals surface area contributed by atoms with Crippen molar-refractivity contribution in [2.24, 2.45) is 5.73 Å². The number of piperidine rings is 1. The predicted molar refractivity (Wildman–Crippen MR) is 63.8 cm³/mol. The zero-order chi connectivity index (χ0) is 11.5. The molecule has 1 aromatic rings. The summed E-state index contributed by atoms with van der Waals surface area (Å²) in [5, 5.41) is 0. The van der Waals surface area contributed by atoms with Crippen LogP contribution in [-0.4, -0.2) is 30.6 Å². The maximum Gasteiger partial charge on any atom is 0.123 e. The van der Waals surface area contributed by atoms with E-state index in [4.69, 9.17) is 5.73 Å². The predicted octanol–water partition coefficient (Wildman–Crippen LogP) is 1.96. The summed E-state index contributed by atoms with van der Waals surface area (Å²) in [6.45, 7) is 5.11. The number of hydrogen-bond donors (Lipinski definition) is 1. The summed E-state index contributed by atoms with van der Waals surface area (Å²) in [6, 6.07) is 7.11. The van der Waals surface area contributed by atoms with Crippen LogP contribution < -0.4 is 5.73 Å². The van der Waals surface area contributed by atoms with Gasteiger partial charge < -0.3 is 10.6 Å². The van der Waals surface area contributed by atoms with Crippen LogP contribution in [0.15, 0.2) is 24.3 Å². The standard InChI is InChI=1S/C13H19FN2/c1-2-16-8-11(7-13(15)9-16)10-4-3-5-12(14)6-10/h3-6,11,13H,2,7-9,15H2,1H3. The Bertz CT molecular complexity index is 354. The molecular formula is C13H19FN2. The van der Waals surface area contributed by atoms with Crippen LogP contribution in [0.4, 0.5) is 4.39 Å². The van der Waals surface area contributed by atoms with Crippen molar-refractivity contribution in [3.8, 4) is 0 Å². The van der Waals surface area contributed by atoms with Crippen LogP contribution in [0.3, 0.4) is 0 Å². The second kappa shape index (κ2) is 4.93. The lowest BCUT2D eigenvalue weighted by Gasteiger charge is -2.35. The van der Waals surface area contributed by atoms with Crippen LogP contribution in [0.1, 0.15) is 24.8 Å². The summed E-state index contributed by atoms with van der Waals surface area (Å²) in [4.78, 5) is 2.34. The fraction of sp³-hybridized carbons (Fsp3) is 0.538. The average Bonchev–Trinajstić information content (AvgIpc) is 2.28. The first-order valence-corrected chi connectivity index (χ1v) is 5.92. The summed E-state index contributed by atoms with van der Waals surface area (Å²) in [7, 11) is 0. The van der Waals surface area contributed by atoms with E-state index in [-0.39, 0.29) is 11.9 Å². The molecule has 0 spiro atoms. The molecule has 0 saturated carbocycles. The van der Waals surface area contributed by atoms with Gasteiger partial charge in [-0.05, 0) is 36.6 Å².